The maximum atomic E-state index is 13.0. The van der Waals surface area contributed by atoms with Gasteiger partial charge in [0, 0.05) is 6.54 Å². The number of nitrogens with one attached hydrogen (secondary N) is 2. The summed E-state index contributed by atoms with van der Waals surface area (Å²) in [5.74, 6) is -0.0336. The molecule has 0 aliphatic carbocycles. The SMILES string of the molecule is CNCc1ccc(S(=O)(=O)NCc2ccc(F)c(Cl)c2)o1. The molecule has 2 N–H and O–H groups in total. The summed E-state index contributed by atoms with van der Waals surface area (Å²) in [6, 6.07) is 6.97. The van der Waals surface area contributed by atoms with Crippen molar-refractivity contribution in [3.8, 4) is 0 Å². The van der Waals surface area contributed by atoms with E-state index in [0.29, 0.717) is 17.9 Å². The first-order chi connectivity index (χ1) is 9.92. The van der Waals surface area contributed by atoms with Gasteiger partial charge in [-0.2, -0.15) is 0 Å². The lowest BCUT2D eigenvalue weighted by Crippen LogP contribution is -2.22. The molecule has 5 nitrogen and oxygen atoms in total. The van der Waals surface area contributed by atoms with Gasteiger partial charge in [-0.25, -0.2) is 17.5 Å². The Morgan fingerprint density at radius 2 is 2.00 bits per heavy atom. The summed E-state index contributed by atoms with van der Waals surface area (Å²) < 4.78 is 44.7. The number of benzene rings is 1. The van der Waals surface area contributed by atoms with Gasteiger partial charge in [-0.05, 0) is 36.9 Å². The molecule has 0 bridgehead atoms. The van der Waals surface area contributed by atoms with Gasteiger partial charge in [0.15, 0.2) is 0 Å². The maximum absolute atomic E-state index is 13.0. The van der Waals surface area contributed by atoms with Crippen LogP contribution >= 0.6 is 11.6 Å². The summed E-state index contributed by atoms with van der Waals surface area (Å²) in [6.45, 7) is 0.424. The summed E-state index contributed by atoms with van der Waals surface area (Å²) in [6.07, 6.45) is 0. The zero-order chi connectivity index (χ0) is 15.5. The molecule has 1 aromatic carbocycles. The summed E-state index contributed by atoms with van der Waals surface area (Å²) in [5.41, 5.74) is 0.548. The third kappa shape index (κ3) is 4.04. The molecular weight excluding hydrogens is 319 g/mol. The second kappa shape index (κ2) is 6.57. The van der Waals surface area contributed by atoms with Gasteiger partial charge in [-0.1, -0.05) is 17.7 Å². The molecule has 0 spiro atoms. The van der Waals surface area contributed by atoms with E-state index < -0.39 is 15.8 Å². The van der Waals surface area contributed by atoms with Crippen LogP contribution in [0.4, 0.5) is 4.39 Å². The van der Waals surface area contributed by atoms with Crippen molar-refractivity contribution in [2.45, 2.75) is 18.2 Å². The second-order valence-electron chi connectivity index (χ2n) is 4.32. The van der Waals surface area contributed by atoms with Crippen LogP contribution in [-0.2, 0) is 23.1 Å². The Kier molecular flexibility index (Phi) is 5.00. The van der Waals surface area contributed by atoms with Crippen molar-refractivity contribution in [1.29, 1.82) is 0 Å². The van der Waals surface area contributed by atoms with Crippen LogP contribution in [0, 0.1) is 5.82 Å². The van der Waals surface area contributed by atoms with Gasteiger partial charge in [0.05, 0.1) is 11.6 Å². The number of hydrogen-bond donors (Lipinski definition) is 2. The van der Waals surface area contributed by atoms with Gasteiger partial charge < -0.3 is 9.73 Å². The van der Waals surface area contributed by atoms with Crippen LogP contribution in [0.25, 0.3) is 0 Å². The van der Waals surface area contributed by atoms with Gasteiger partial charge in [0.25, 0.3) is 10.0 Å². The number of sulfonamides is 1. The monoisotopic (exact) mass is 332 g/mol. The van der Waals surface area contributed by atoms with Crippen LogP contribution in [0.1, 0.15) is 11.3 Å². The number of halogens is 2. The molecule has 2 aromatic rings. The van der Waals surface area contributed by atoms with Crippen molar-refractivity contribution in [2.24, 2.45) is 0 Å². The normalized spacial score (nSPS) is 11.8. The highest BCUT2D eigenvalue weighted by Crippen LogP contribution is 2.17. The maximum Gasteiger partial charge on any atom is 0.274 e. The fourth-order valence-electron chi connectivity index (χ4n) is 1.67. The molecule has 0 unspecified atom stereocenters. The Hall–Kier alpha value is -1.41. The third-order valence-corrected chi connectivity index (χ3v) is 4.27. The molecule has 0 fully saturated rings. The largest absolute Gasteiger partial charge is 0.447 e. The zero-order valence-electron chi connectivity index (χ0n) is 11.2. The molecule has 114 valence electrons. The Bertz CT molecular complexity index is 731. The summed E-state index contributed by atoms with van der Waals surface area (Å²) in [5, 5.41) is 2.64. The van der Waals surface area contributed by atoms with Crippen LogP contribution in [0.3, 0.4) is 0 Å². The molecule has 0 aliphatic rings. The Balaban J connectivity index is 2.08. The fraction of sp³-hybridized carbons (Fsp3) is 0.231. The van der Waals surface area contributed by atoms with E-state index in [4.69, 9.17) is 16.0 Å². The summed E-state index contributed by atoms with van der Waals surface area (Å²) in [4.78, 5) is 0. The molecule has 0 aliphatic heterocycles. The lowest BCUT2D eigenvalue weighted by atomic mass is 10.2. The Morgan fingerprint density at radius 1 is 1.24 bits per heavy atom. The average molecular weight is 333 g/mol. The molecule has 21 heavy (non-hydrogen) atoms. The fourth-order valence-corrected chi connectivity index (χ4v) is 2.84. The first-order valence-corrected chi connectivity index (χ1v) is 7.95. The third-order valence-electron chi connectivity index (χ3n) is 2.70. The smallest absolute Gasteiger partial charge is 0.274 e. The molecule has 2 rings (SSSR count). The van der Waals surface area contributed by atoms with Crippen molar-refractivity contribution in [2.75, 3.05) is 7.05 Å². The van der Waals surface area contributed by atoms with Crippen molar-refractivity contribution in [3.63, 3.8) is 0 Å². The number of furan rings is 1. The quantitative estimate of drug-likeness (QED) is 0.851. The molecule has 0 amide bonds. The standard InChI is InChI=1S/C13H14ClFN2O3S/c1-16-8-10-3-5-13(20-10)21(18,19)17-7-9-2-4-12(15)11(14)6-9/h2-6,16-17H,7-8H2,1H3. The van der Waals surface area contributed by atoms with Gasteiger partial charge in [-0.3, -0.25) is 0 Å². The van der Waals surface area contributed by atoms with Crippen molar-refractivity contribution in [1.82, 2.24) is 10.0 Å². The topological polar surface area (TPSA) is 71.3 Å². The van der Waals surface area contributed by atoms with Crippen LogP contribution in [0.5, 0.6) is 0 Å². The molecule has 1 heterocycles. The van der Waals surface area contributed by atoms with E-state index in [2.05, 4.69) is 10.0 Å². The molecule has 8 heteroatoms. The Morgan fingerprint density at radius 3 is 2.67 bits per heavy atom. The predicted molar refractivity (Wildman–Crippen MR) is 76.9 cm³/mol. The molecule has 0 saturated carbocycles. The minimum atomic E-state index is -3.76. The average Bonchev–Trinajstić information content (AvgIpc) is 2.90. The molecule has 1 aromatic heterocycles. The first kappa shape index (κ1) is 16.0. The van der Waals surface area contributed by atoms with Crippen molar-refractivity contribution < 1.29 is 17.2 Å². The number of hydrogen-bond acceptors (Lipinski definition) is 4. The minimum Gasteiger partial charge on any atom is -0.447 e. The lowest BCUT2D eigenvalue weighted by molar-refractivity contribution is 0.404. The first-order valence-electron chi connectivity index (χ1n) is 6.09. The van der Waals surface area contributed by atoms with Gasteiger partial charge in [0.1, 0.15) is 11.6 Å². The van der Waals surface area contributed by atoms with E-state index in [1.165, 1.54) is 24.3 Å². The van der Waals surface area contributed by atoms with Crippen LogP contribution in [0.15, 0.2) is 39.8 Å². The molecule has 0 atom stereocenters. The highest BCUT2D eigenvalue weighted by Gasteiger charge is 2.18. The molecule has 0 saturated heterocycles. The van der Waals surface area contributed by atoms with E-state index >= 15 is 0 Å². The zero-order valence-corrected chi connectivity index (χ0v) is 12.8. The van der Waals surface area contributed by atoms with Gasteiger partial charge >= 0.3 is 0 Å². The van der Waals surface area contributed by atoms with E-state index in [9.17, 15) is 12.8 Å². The van der Waals surface area contributed by atoms with Crippen molar-refractivity contribution in [3.05, 3.63) is 52.5 Å². The second-order valence-corrected chi connectivity index (χ2v) is 6.43. The summed E-state index contributed by atoms with van der Waals surface area (Å²) >= 11 is 5.64. The minimum absolute atomic E-state index is 0.00953. The van der Waals surface area contributed by atoms with Gasteiger partial charge in [0.2, 0.25) is 5.09 Å². The lowest BCUT2D eigenvalue weighted by Gasteiger charge is -2.05. The predicted octanol–water partition coefficient (Wildman–Crippen LogP) is 2.27. The van der Waals surface area contributed by atoms with Crippen LogP contribution in [-0.4, -0.2) is 15.5 Å². The Labute approximate surface area is 127 Å². The molecular formula is C13H14ClFN2O3S. The van der Waals surface area contributed by atoms with Crippen LogP contribution in [0.2, 0.25) is 5.02 Å². The van der Waals surface area contributed by atoms with Crippen molar-refractivity contribution >= 4 is 21.6 Å². The van der Waals surface area contributed by atoms with E-state index in [-0.39, 0.29) is 16.7 Å². The van der Waals surface area contributed by atoms with E-state index in [1.54, 1.807) is 13.1 Å². The van der Waals surface area contributed by atoms with Crippen LogP contribution < -0.4 is 10.0 Å². The highest BCUT2D eigenvalue weighted by atomic mass is 35.5. The molecule has 0 radical (unpaired) electrons. The van der Waals surface area contributed by atoms with E-state index in [0.717, 1.165) is 0 Å². The van der Waals surface area contributed by atoms with E-state index in [1.807, 2.05) is 0 Å². The van der Waals surface area contributed by atoms with Gasteiger partial charge in [-0.15, -0.1) is 0 Å². The summed E-state index contributed by atoms with van der Waals surface area (Å²) in [7, 11) is -2.03. The highest BCUT2D eigenvalue weighted by molar-refractivity contribution is 7.89. The number of rotatable bonds is 6.